The van der Waals surface area contributed by atoms with Crippen molar-refractivity contribution in [1.82, 2.24) is 25.0 Å². The highest BCUT2D eigenvalue weighted by Crippen LogP contribution is 2.30. The molecule has 1 aromatic carbocycles. The Morgan fingerprint density at radius 1 is 1.00 bits per heavy atom. The maximum absolute atomic E-state index is 12.4. The summed E-state index contributed by atoms with van der Waals surface area (Å²) in [4.78, 5) is 59.1. The van der Waals surface area contributed by atoms with Crippen molar-refractivity contribution in [2.75, 3.05) is 30.8 Å². The van der Waals surface area contributed by atoms with Crippen molar-refractivity contribution in [3.05, 3.63) is 40.4 Å². The number of aromatic nitrogens is 1. The van der Waals surface area contributed by atoms with Crippen LogP contribution in [0.1, 0.15) is 77.4 Å². The van der Waals surface area contributed by atoms with E-state index in [0.29, 0.717) is 36.8 Å². The second-order valence-corrected chi connectivity index (χ2v) is 14.7. The number of anilines is 2. The standard InChI is InChI=1S/C32H49N7O6S/c1-20(40)34-27-36-24(25(46-27)19-37-17-9-10-22(18-37)26(41)33-8)16-13-21-11-14-23(15-12-21)35-28(38(29(42)43)31(2,3)4)39(30(44)45)32(5,6)7/h11-12,14-15,22,28,35H,9-10,13,16-19H2,1-8H3,(H,33,41)(H,42,43)(H,44,45)(H,34,36,40)/t22-/m1/s1. The summed E-state index contributed by atoms with van der Waals surface area (Å²) < 4.78 is 0. The molecule has 1 atom stereocenters. The number of nitrogens with one attached hydrogen (secondary N) is 3. The lowest BCUT2D eigenvalue weighted by atomic mass is 9.97. The van der Waals surface area contributed by atoms with E-state index in [1.54, 1.807) is 48.6 Å². The molecule has 0 saturated carbocycles. The lowest BCUT2D eigenvalue weighted by molar-refractivity contribution is -0.126. The highest BCUT2D eigenvalue weighted by molar-refractivity contribution is 7.15. The van der Waals surface area contributed by atoms with Crippen LogP contribution in [0.25, 0.3) is 0 Å². The highest BCUT2D eigenvalue weighted by Gasteiger charge is 2.43. The third kappa shape index (κ3) is 9.79. The van der Waals surface area contributed by atoms with Gasteiger partial charge in [0.2, 0.25) is 11.8 Å². The second kappa shape index (κ2) is 15.1. The first-order valence-corrected chi connectivity index (χ1v) is 16.3. The molecule has 46 heavy (non-hydrogen) atoms. The van der Waals surface area contributed by atoms with Crippen LogP contribution in [0.2, 0.25) is 0 Å². The van der Waals surface area contributed by atoms with Crippen LogP contribution in [-0.2, 0) is 29.0 Å². The molecule has 2 heterocycles. The van der Waals surface area contributed by atoms with Gasteiger partial charge in [-0.2, -0.15) is 0 Å². The van der Waals surface area contributed by atoms with Crippen LogP contribution in [0.15, 0.2) is 24.3 Å². The number of carbonyl (C=O) groups is 4. The number of hydrogen-bond acceptors (Lipinski definition) is 8. The van der Waals surface area contributed by atoms with Gasteiger partial charge in [0.25, 0.3) is 0 Å². The van der Waals surface area contributed by atoms with Gasteiger partial charge in [-0.15, -0.1) is 11.3 Å². The summed E-state index contributed by atoms with van der Waals surface area (Å²) in [5.41, 5.74) is 0.666. The Morgan fingerprint density at radius 2 is 1.59 bits per heavy atom. The van der Waals surface area contributed by atoms with Crippen LogP contribution < -0.4 is 16.0 Å². The fourth-order valence-electron chi connectivity index (χ4n) is 5.67. The van der Waals surface area contributed by atoms with E-state index in [-0.39, 0.29) is 17.7 Å². The predicted octanol–water partition coefficient (Wildman–Crippen LogP) is 5.10. The number of rotatable bonds is 11. The van der Waals surface area contributed by atoms with Crippen molar-refractivity contribution in [1.29, 1.82) is 0 Å². The number of likely N-dealkylation sites (tertiary alicyclic amines) is 1. The number of carbonyl (C=O) groups excluding carboxylic acids is 2. The van der Waals surface area contributed by atoms with Crippen molar-refractivity contribution in [3.63, 3.8) is 0 Å². The maximum Gasteiger partial charge on any atom is 0.410 e. The largest absolute Gasteiger partial charge is 0.465 e. The Balaban J connectivity index is 1.80. The summed E-state index contributed by atoms with van der Waals surface area (Å²) in [5.74, 6) is -0.180. The first-order chi connectivity index (χ1) is 21.4. The molecule has 0 spiro atoms. The number of carboxylic acid groups (broad SMARTS) is 2. The lowest BCUT2D eigenvalue weighted by Gasteiger charge is -2.48. The van der Waals surface area contributed by atoms with Crippen molar-refractivity contribution >= 4 is 46.2 Å². The third-order valence-corrected chi connectivity index (χ3v) is 8.80. The molecule has 1 aliphatic rings. The molecular formula is C32H49N7O6S. The monoisotopic (exact) mass is 659 g/mol. The Hall–Kier alpha value is -3.91. The van der Waals surface area contributed by atoms with Gasteiger partial charge in [0, 0.05) is 48.7 Å². The fourth-order valence-corrected chi connectivity index (χ4v) is 6.76. The summed E-state index contributed by atoms with van der Waals surface area (Å²) in [7, 11) is 1.66. The molecule has 1 saturated heterocycles. The number of benzene rings is 1. The number of piperidine rings is 1. The van der Waals surface area contributed by atoms with E-state index in [4.69, 9.17) is 4.98 Å². The summed E-state index contributed by atoms with van der Waals surface area (Å²) in [5, 5.41) is 29.5. The first-order valence-electron chi connectivity index (χ1n) is 15.5. The van der Waals surface area contributed by atoms with Gasteiger partial charge in [0.1, 0.15) is 0 Å². The second-order valence-electron chi connectivity index (χ2n) is 13.6. The Labute approximate surface area is 275 Å². The van der Waals surface area contributed by atoms with Crippen LogP contribution in [0.5, 0.6) is 0 Å². The van der Waals surface area contributed by atoms with E-state index in [1.165, 1.54) is 18.3 Å². The minimum absolute atomic E-state index is 0.0476. The molecule has 14 heteroatoms. The smallest absolute Gasteiger partial charge is 0.410 e. The van der Waals surface area contributed by atoms with Crippen LogP contribution in [0.3, 0.4) is 0 Å². The van der Waals surface area contributed by atoms with Gasteiger partial charge in [-0.3, -0.25) is 24.3 Å². The van der Waals surface area contributed by atoms with Gasteiger partial charge in [-0.25, -0.2) is 14.6 Å². The number of aryl methyl sites for hydroxylation is 2. The minimum Gasteiger partial charge on any atom is -0.465 e. The predicted molar refractivity (Wildman–Crippen MR) is 179 cm³/mol. The zero-order valence-corrected chi connectivity index (χ0v) is 29.0. The first kappa shape index (κ1) is 36.6. The van der Waals surface area contributed by atoms with Gasteiger partial charge in [0.15, 0.2) is 11.4 Å². The molecule has 3 rings (SSSR count). The maximum atomic E-state index is 12.4. The zero-order valence-electron chi connectivity index (χ0n) is 28.1. The highest BCUT2D eigenvalue weighted by atomic mass is 32.1. The van der Waals surface area contributed by atoms with E-state index < -0.39 is 29.6 Å². The quantitative estimate of drug-likeness (QED) is 0.206. The Bertz CT molecular complexity index is 1350. The van der Waals surface area contributed by atoms with E-state index in [2.05, 4.69) is 20.9 Å². The van der Waals surface area contributed by atoms with Gasteiger partial charge in [0.05, 0.1) is 11.6 Å². The summed E-state index contributed by atoms with van der Waals surface area (Å²) in [6, 6.07) is 7.46. The van der Waals surface area contributed by atoms with Crippen LogP contribution >= 0.6 is 11.3 Å². The average Bonchev–Trinajstić information content (AvgIpc) is 3.30. The van der Waals surface area contributed by atoms with E-state index in [0.717, 1.165) is 45.3 Å². The van der Waals surface area contributed by atoms with Crippen molar-refractivity contribution < 1.29 is 29.4 Å². The third-order valence-electron chi connectivity index (χ3n) is 7.80. The van der Waals surface area contributed by atoms with Crippen LogP contribution in [0, 0.1) is 5.92 Å². The zero-order chi connectivity index (χ0) is 34.4. The summed E-state index contributed by atoms with van der Waals surface area (Å²) in [6.45, 7) is 14.0. The van der Waals surface area contributed by atoms with Gasteiger partial charge in [-0.05, 0) is 91.5 Å². The molecule has 0 radical (unpaired) electrons. The van der Waals surface area contributed by atoms with E-state index in [9.17, 15) is 29.4 Å². The molecule has 0 bridgehead atoms. The Kier molecular flexibility index (Phi) is 12.0. The molecular weight excluding hydrogens is 610 g/mol. The van der Waals surface area contributed by atoms with Gasteiger partial charge < -0.3 is 26.2 Å². The van der Waals surface area contributed by atoms with Gasteiger partial charge >= 0.3 is 12.2 Å². The number of hydrogen-bond donors (Lipinski definition) is 5. The minimum atomic E-state index is -1.25. The number of amides is 4. The van der Waals surface area contributed by atoms with Crippen molar-refractivity contribution in [2.24, 2.45) is 5.92 Å². The Morgan fingerprint density at radius 3 is 2.09 bits per heavy atom. The van der Waals surface area contributed by atoms with Crippen molar-refractivity contribution in [3.8, 4) is 0 Å². The topological polar surface area (TPSA) is 167 Å². The molecule has 1 aliphatic heterocycles. The normalized spacial score (nSPS) is 15.7. The van der Waals surface area contributed by atoms with E-state index >= 15 is 0 Å². The molecule has 1 fully saturated rings. The fraction of sp³-hybridized carbons (Fsp3) is 0.594. The average molecular weight is 660 g/mol. The molecule has 0 unspecified atom stereocenters. The molecule has 0 aliphatic carbocycles. The molecule has 2 aromatic rings. The van der Waals surface area contributed by atoms with Crippen LogP contribution in [-0.4, -0.2) is 91.4 Å². The molecule has 5 N–H and O–H groups in total. The summed E-state index contributed by atoms with van der Waals surface area (Å²) >= 11 is 1.45. The molecule has 13 nitrogen and oxygen atoms in total. The number of thiazole rings is 1. The molecule has 254 valence electrons. The van der Waals surface area contributed by atoms with E-state index in [1.807, 2.05) is 24.3 Å². The van der Waals surface area contributed by atoms with Crippen molar-refractivity contribution in [2.45, 2.75) is 98.1 Å². The molecule has 1 aromatic heterocycles. The van der Waals surface area contributed by atoms with Gasteiger partial charge in [-0.1, -0.05) is 12.1 Å². The SMILES string of the molecule is CNC(=O)[C@@H]1CCCN(Cc2sc(NC(C)=O)nc2CCc2ccc(NC(N(C(=O)O)C(C)(C)C)N(C(=O)O)C(C)(C)C)cc2)C1. The lowest BCUT2D eigenvalue weighted by Crippen LogP contribution is -2.66. The number of nitrogens with zero attached hydrogens (tertiary/aromatic N) is 4. The molecule has 4 amide bonds. The summed E-state index contributed by atoms with van der Waals surface area (Å²) in [6.07, 6.45) is -0.597. The van der Waals surface area contributed by atoms with Crippen LogP contribution in [0.4, 0.5) is 20.4 Å².